The number of primary amides is 1. The number of anilines is 1. The van der Waals surface area contributed by atoms with Gasteiger partial charge in [0.1, 0.15) is 5.82 Å². The summed E-state index contributed by atoms with van der Waals surface area (Å²) in [5, 5.41) is 8.93. The van der Waals surface area contributed by atoms with Crippen LogP contribution in [0.3, 0.4) is 0 Å². The number of aromatic nitrogens is 3. The molecule has 10 heteroatoms. The predicted octanol–water partition coefficient (Wildman–Crippen LogP) is 4.14. The first kappa shape index (κ1) is 19.7. The number of halogens is 2. The summed E-state index contributed by atoms with van der Waals surface area (Å²) in [7, 11) is 0. The molecular weight excluding hydrogens is 429 g/mol. The van der Waals surface area contributed by atoms with Crippen molar-refractivity contribution < 1.29 is 14.0 Å². The average Bonchev–Trinajstić information content (AvgIpc) is 3.38. The van der Waals surface area contributed by atoms with Crippen molar-refractivity contribution in [2.75, 3.05) is 5.32 Å². The molecule has 0 saturated carbocycles. The number of rotatable bonds is 5. The van der Waals surface area contributed by atoms with Crippen LogP contribution in [0.15, 0.2) is 60.0 Å². The fraction of sp³-hybridized carbons (Fsp3) is 0. The molecule has 0 aliphatic rings. The summed E-state index contributed by atoms with van der Waals surface area (Å²) in [6.07, 6.45) is 0. The van der Waals surface area contributed by atoms with Gasteiger partial charge in [-0.1, -0.05) is 17.7 Å². The number of carbonyl (C=O) groups excluding carboxylic acids is 2. The van der Waals surface area contributed by atoms with Gasteiger partial charge in [0, 0.05) is 5.69 Å². The van der Waals surface area contributed by atoms with E-state index in [-0.39, 0.29) is 22.2 Å². The molecule has 0 unspecified atom stereocenters. The fourth-order valence-electron chi connectivity index (χ4n) is 2.72. The highest BCUT2D eigenvalue weighted by molar-refractivity contribution is 7.13. The molecule has 2 aromatic heterocycles. The third-order valence-electron chi connectivity index (χ3n) is 4.12. The predicted molar refractivity (Wildman–Crippen MR) is 113 cm³/mol. The van der Waals surface area contributed by atoms with E-state index in [4.69, 9.17) is 17.3 Å². The van der Waals surface area contributed by atoms with Crippen LogP contribution in [0.25, 0.3) is 16.4 Å². The zero-order valence-corrected chi connectivity index (χ0v) is 16.7. The van der Waals surface area contributed by atoms with E-state index in [0.717, 1.165) is 4.88 Å². The molecule has 30 heavy (non-hydrogen) atoms. The van der Waals surface area contributed by atoms with E-state index in [0.29, 0.717) is 17.2 Å². The molecule has 0 saturated heterocycles. The Labute approximate surface area is 178 Å². The lowest BCUT2D eigenvalue weighted by molar-refractivity contribution is 0.0997. The highest BCUT2D eigenvalue weighted by atomic mass is 35.5. The van der Waals surface area contributed by atoms with Gasteiger partial charge >= 0.3 is 0 Å². The van der Waals surface area contributed by atoms with E-state index in [1.807, 2.05) is 17.5 Å². The molecule has 0 atom stereocenters. The van der Waals surface area contributed by atoms with Gasteiger partial charge in [0.15, 0.2) is 5.82 Å². The van der Waals surface area contributed by atoms with E-state index in [1.165, 1.54) is 46.4 Å². The summed E-state index contributed by atoms with van der Waals surface area (Å²) in [5.74, 6) is -1.26. The van der Waals surface area contributed by atoms with Crippen molar-refractivity contribution >= 4 is 40.4 Å². The molecule has 4 rings (SSSR count). The maximum atomic E-state index is 13.3. The number of amides is 2. The summed E-state index contributed by atoms with van der Waals surface area (Å²) in [6.45, 7) is 0. The Bertz CT molecular complexity index is 1240. The van der Waals surface area contributed by atoms with Gasteiger partial charge in [-0.3, -0.25) is 9.59 Å². The molecule has 4 aromatic rings. The maximum absolute atomic E-state index is 13.3. The Morgan fingerprint density at radius 3 is 2.53 bits per heavy atom. The van der Waals surface area contributed by atoms with Crippen molar-refractivity contribution in [1.82, 2.24) is 14.8 Å². The Kier molecular flexibility index (Phi) is 5.30. The first-order valence-corrected chi connectivity index (χ1v) is 9.86. The van der Waals surface area contributed by atoms with E-state index in [9.17, 15) is 14.0 Å². The minimum atomic E-state index is -0.668. The molecule has 0 spiro atoms. The SMILES string of the molecule is NC(=O)c1ccc(NC(=O)c2nc(-c3cccs3)n(-c3ccc(F)cc3)n2)cc1Cl. The minimum absolute atomic E-state index is 0.0853. The monoisotopic (exact) mass is 441 g/mol. The van der Waals surface area contributed by atoms with Gasteiger partial charge in [-0.25, -0.2) is 14.1 Å². The number of nitrogens with one attached hydrogen (secondary N) is 1. The van der Waals surface area contributed by atoms with Gasteiger partial charge in [-0.05, 0) is 53.9 Å². The number of nitrogens with two attached hydrogens (primary N) is 1. The van der Waals surface area contributed by atoms with Crippen molar-refractivity contribution in [1.29, 1.82) is 0 Å². The smallest absolute Gasteiger partial charge is 0.295 e. The van der Waals surface area contributed by atoms with Crippen LogP contribution >= 0.6 is 22.9 Å². The molecule has 0 fully saturated rings. The quantitative estimate of drug-likeness (QED) is 0.485. The van der Waals surface area contributed by atoms with Gasteiger partial charge in [0.05, 0.1) is 21.2 Å². The van der Waals surface area contributed by atoms with Crippen LogP contribution in [0.5, 0.6) is 0 Å². The lowest BCUT2D eigenvalue weighted by atomic mass is 10.2. The molecule has 2 amide bonds. The largest absolute Gasteiger partial charge is 0.366 e. The van der Waals surface area contributed by atoms with E-state index >= 15 is 0 Å². The number of hydrogen-bond donors (Lipinski definition) is 2. The number of thiophene rings is 1. The van der Waals surface area contributed by atoms with Gasteiger partial charge in [0.2, 0.25) is 11.7 Å². The van der Waals surface area contributed by atoms with Crippen LogP contribution < -0.4 is 11.1 Å². The zero-order valence-electron chi connectivity index (χ0n) is 15.2. The van der Waals surface area contributed by atoms with Crippen LogP contribution in [-0.2, 0) is 0 Å². The second-order valence-corrected chi connectivity index (χ2v) is 7.49. The van der Waals surface area contributed by atoms with Gasteiger partial charge in [0.25, 0.3) is 5.91 Å². The molecule has 2 aromatic carbocycles. The fourth-order valence-corrected chi connectivity index (χ4v) is 3.69. The normalized spacial score (nSPS) is 10.7. The topological polar surface area (TPSA) is 103 Å². The lowest BCUT2D eigenvalue weighted by Crippen LogP contribution is -2.15. The maximum Gasteiger partial charge on any atom is 0.295 e. The molecule has 0 radical (unpaired) electrons. The Balaban J connectivity index is 1.68. The molecule has 0 bridgehead atoms. The molecular formula is C20H13ClFN5O2S. The van der Waals surface area contributed by atoms with E-state index < -0.39 is 11.8 Å². The van der Waals surface area contributed by atoms with Crippen LogP contribution in [0.4, 0.5) is 10.1 Å². The molecule has 0 aliphatic heterocycles. The molecule has 150 valence electrons. The first-order valence-electron chi connectivity index (χ1n) is 8.60. The molecule has 3 N–H and O–H groups in total. The summed E-state index contributed by atoms with van der Waals surface area (Å²) in [6, 6.07) is 13.7. The highest BCUT2D eigenvalue weighted by Gasteiger charge is 2.20. The molecule has 2 heterocycles. The average molecular weight is 442 g/mol. The summed E-state index contributed by atoms with van der Waals surface area (Å²) < 4.78 is 14.8. The second-order valence-electron chi connectivity index (χ2n) is 6.14. The van der Waals surface area contributed by atoms with Crippen LogP contribution in [-0.4, -0.2) is 26.6 Å². The van der Waals surface area contributed by atoms with Gasteiger partial charge < -0.3 is 11.1 Å². The Morgan fingerprint density at radius 1 is 1.13 bits per heavy atom. The number of benzene rings is 2. The summed E-state index contributed by atoms with van der Waals surface area (Å²) in [4.78, 5) is 29.2. The number of hydrogen-bond acceptors (Lipinski definition) is 5. The first-order chi connectivity index (χ1) is 14.4. The lowest BCUT2D eigenvalue weighted by Gasteiger charge is -2.05. The zero-order chi connectivity index (χ0) is 21.3. The van der Waals surface area contributed by atoms with Crippen molar-refractivity contribution in [2.45, 2.75) is 0 Å². The van der Waals surface area contributed by atoms with Crippen molar-refractivity contribution in [3.63, 3.8) is 0 Å². The molecule has 0 aliphatic carbocycles. The summed E-state index contributed by atoms with van der Waals surface area (Å²) in [5.41, 5.74) is 6.29. The second kappa shape index (κ2) is 8.05. The Hall–Kier alpha value is -3.56. The highest BCUT2D eigenvalue weighted by Crippen LogP contribution is 2.26. The minimum Gasteiger partial charge on any atom is -0.366 e. The third kappa shape index (κ3) is 3.93. The standard InChI is InChI=1S/C20H13ClFN5O2S/c21-15-10-12(5-8-14(15)17(23)28)24-20(29)18-25-19(16-2-1-9-30-16)27(26-18)13-6-3-11(22)4-7-13/h1-10H,(H2,23,28)(H,24,29). The third-order valence-corrected chi connectivity index (χ3v) is 5.29. The van der Waals surface area contributed by atoms with Gasteiger partial charge in [-0.15, -0.1) is 16.4 Å². The van der Waals surface area contributed by atoms with Crippen molar-refractivity contribution in [3.05, 3.63) is 82.2 Å². The van der Waals surface area contributed by atoms with E-state index in [1.54, 1.807) is 12.1 Å². The van der Waals surface area contributed by atoms with Gasteiger partial charge in [-0.2, -0.15) is 0 Å². The van der Waals surface area contributed by atoms with Crippen LogP contribution in [0.2, 0.25) is 5.02 Å². The van der Waals surface area contributed by atoms with Crippen LogP contribution in [0.1, 0.15) is 21.0 Å². The van der Waals surface area contributed by atoms with Crippen molar-refractivity contribution in [3.8, 4) is 16.4 Å². The van der Waals surface area contributed by atoms with Crippen LogP contribution in [0, 0.1) is 5.82 Å². The number of nitrogens with zero attached hydrogens (tertiary/aromatic N) is 3. The Morgan fingerprint density at radius 2 is 1.90 bits per heavy atom. The number of carbonyl (C=O) groups is 2. The summed E-state index contributed by atoms with van der Waals surface area (Å²) >= 11 is 7.46. The van der Waals surface area contributed by atoms with E-state index in [2.05, 4.69) is 15.4 Å². The van der Waals surface area contributed by atoms with Crippen molar-refractivity contribution in [2.24, 2.45) is 5.73 Å². The molecule has 7 nitrogen and oxygen atoms in total.